The predicted octanol–water partition coefficient (Wildman–Crippen LogP) is 1.88. The van der Waals surface area contributed by atoms with Crippen LogP contribution < -0.4 is 9.47 Å². The Morgan fingerprint density at radius 3 is 2.53 bits per heavy atom. The Labute approximate surface area is 107 Å². The molecule has 1 aromatic rings. The first-order chi connectivity index (χ1) is 8.93. The first-order valence-electron chi connectivity index (χ1n) is 5.40. The Hall–Kier alpha value is -2.18. The van der Waals surface area contributed by atoms with E-state index < -0.39 is 18.4 Å². The molecule has 1 N–H and O–H groups in total. The molecule has 104 valence electrons. The van der Waals surface area contributed by atoms with Crippen LogP contribution in [-0.4, -0.2) is 30.1 Å². The minimum atomic E-state index is -2.99. The average Bonchev–Trinajstić information content (AvgIpc) is 2.32. The molecule has 0 aliphatic heterocycles. The van der Waals surface area contributed by atoms with Gasteiger partial charge in [-0.3, -0.25) is 4.79 Å². The van der Waals surface area contributed by atoms with Crippen molar-refractivity contribution in [3.63, 3.8) is 0 Å². The van der Waals surface area contributed by atoms with Crippen molar-refractivity contribution in [2.45, 2.75) is 20.0 Å². The van der Waals surface area contributed by atoms with Crippen molar-refractivity contribution in [2.75, 3.05) is 6.61 Å². The number of Topliss-reactive ketones (excluding diaryl/α,β-unsaturated/α-hetero) is 1. The van der Waals surface area contributed by atoms with Crippen LogP contribution in [0.5, 0.6) is 11.5 Å². The monoisotopic (exact) mass is 274 g/mol. The molecule has 0 saturated carbocycles. The lowest BCUT2D eigenvalue weighted by molar-refractivity contribution is -0.148. The molecule has 0 aliphatic carbocycles. The SMILES string of the molecule is CCOc1cc(CC(=O)C(=O)O)ccc1OC(F)F. The Kier molecular flexibility index (Phi) is 5.23. The Bertz CT molecular complexity index is 473. The lowest BCUT2D eigenvalue weighted by atomic mass is 10.1. The third-order valence-electron chi connectivity index (χ3n) is 2.13. The van der Waals surface area contributed by atoms with E-state index in [1.807, 2.05) is 0 Å². The van der Waals surface area contributed by atoms with Gasteiger partial charge in [0.15, 0.2) is 11.5 Å². The number of rotatable bonds is 7. The van der Waals surface area contributed by atoms with E-state index in [0.717, 1.165) is 0 Å². The van der Waals surface area contributed by atoms with Gasteiger partial charge in [0.2, 0.25) is 5.78 Å². The molecular weight excluding hydrogens is 262 g/mol. The van der Waals surface area contributed by atoms with Crippen molar-refractivity contribution >= 4 is 11.8 Å². The third kappa shape index (κ3) is 4.53. The van der Waals surface area contributed by atoms with Gasteiger partial charge in [-0.2, -0.15) is 8.78 Å². The van der Waals surface area contributed by atoms with Gasteiger partial charge in [0.05, 0.1) is 6.61 Å². The fourth-order valence-electron chi connectivity index (χ4n) is 1.39. The van der Waals surface area contributed by atoms with Crippen molar-refractivity contribution in [1.82, 2.24) is 0 Å². The molecule has 7 heteroatoms. The van der Waals surface area contributed by atoms with Crippen molar-refractivity contribution in [1.29, 1.82) is 0 Å². The highest BCUT2D eigenvalue weighted by molar-refractivity contribution is 6.33. The summed E-state index contributed by atoms with van der Waals surface area (Å²) in [6, 6.07) is 3.85. The number of hydrogen-bond acceptors (Lipinski definition) is 4. The summed E-state index contributed by atoms with van der Waals surface area (Å²) in [5.41, 5.74) is 0.345. The van der Waals surface area contributed by atoms with E-state index in [-0.39, 0.29) is 24.5 Å². The van der Waals surface area contributed by atoms with Gasteiger partial charge in [0.1, 0.15) is 0 Å². The van der Waals surface area contributed by atoms with E-state index in [2.05, 4.69) is 4.74 Å². The zero-order valence-corrected chi connectivity index (χ0v) is 10.1. The van der Waals surface area contributed by atoms with Crippen molar-refractivity contribution in [3.8, 4) is 11.5 Å². The van der Waals surface area contributed by atoms with Crippen LogP contribution in [0.1, 0.15) is 12.5 Å². The summed E-state index contributed by atoms with van der Waals surface area (Å²) in [4.78, 5) is 21.5. The number of carboxylic acids is 1. The number of alkyl halides is 2. The Morgan fingerprint density at radius 1 is 1.32 bits per heavy atom. The maximum Gasteiger partial charge on any atom is 0.387 e. The van der Waals surface area contributed by atoms with E-state index in [0.29, 0.717) is 5.56 Å². The minimum Gasteiger partial charge on any atom is -0.490 e. The van der Waals surface area contributed by atoms with Crippen LogP contribution in [0.25, 0.3) is 0 Å². The normalized spacial score (nSPS) is 10.3. The number of carbonyl (C=O) groups is 2. The van der Waals surface area contributed by atoms with Gasteiger partial charge in [-0.05, 0) is 24.6 Å². The topological polar surface area (TPSA) is 72.8 Å². The van der Waals surface area contributed by atoms with Gasteiger partial charge in [0, 0.05) is 6.42 Å². The quantitative estimate of drug-likeness (QED) is 0.768. The lowest BCUT2D eigenvalue weighted by Gasteiger charge is -2.12. The van der Waals surface area contributed by atoms with Gasteiger partial charge in [-0.15, -0.1) is 0 Å². The summed E-state index contributed by atoms with van der Waals surface area (Å²) < 4.78 is 33.6. The third-order valence-corrected chi connectivity index (χ3v) is 2.13. The molecule has 0 heterocycles. The molecule has 0 bridgehead atoms. The number of ketones is 1. The number of aliphatic carboxylic acids is 1. The fourth-order valence-corrected chi connectivity index (χ4v) is 1.39. The number of carboxylic acid groups (broad SMARTS) is 1. The van der Waals surface area contributed by atoms with Crippen LogP contribution in [0.15, 0.2) is 18.2 Å². The highest BCUT2D eigenvalue weighted by Crippen LogP contribution is 2.30. The van der Waals surface area contributed by atoms with Gasteiger partial charge >= 0.3 is 12.6 Å². The molecule has 0 radical (unpaired) electrons. The molecule has 0 aromatic heterocycles. The van der Waals surface area contributed by atoms with Crippen molar-refractivity contribution in [2.24, 2.45) is 0 Å². The smallest absolute Gasteiger partial charge is 0.387 e. The number of halogens is 2. The minimum absolute atomic E-state index is 0.0403. The second-order valence-electron chi connectivity index (χ2n) is 3.50. The van der Waals surface area contributed by atoms with Crippen LogP contribution in [0.2, 0.25) is 0 Å². The molecule has 19 heavy (non-hydrogen) atoms. The fraction of sp³-hybridized carbons (Fsp3) is 0.333. The summed E-state index contributed by atoms with van der Waals surface area (Å²) in [6.45, 7) is -1.12. The van der Waals surface area contributed by atoms with Crippen LogP contribution >= 0.6 is 0 Å². The Morgan fingerprint density at radius 2 is 2.00 bits per heavy atom. The number of hydrogen-bond donors (Lipinski definition) is 1. The standard InChI is InChI=1S/C12H12F2O5/c1-2-18-10-6-7(5-8(15)11(16)17)3-4-9(10)19-12(13)14/h3-4,6,12H,2,5H2,1H3,(H,16,17). The van der Waals surface area contributed by atoms with Crippen LogP contribution in [0.4, 0.5) is 8.78 Å². The molecular formula is C12H12F2O5. The molecule has 0 atom stereocenters. The van der Waals surface area contributed by atoms with Crippen LogP contribution in [0, 0.1) is 0 Å². The predicted molar refractivity (Wildman–Crippen MR) is 60.6 cm³/mol. The van der Waals surface area contributed by atoms with E-state index in [1.54, 1.807) is 6.92 Å². The maximum atomic E-state index is 12.1. The second kappa shape index (κ2) is 6.67. The maximum absolute atomic E-state index is 12.1. The molecule has 0 amide bonds. The molecule has 5 nitrogen and oxygen atoms in total. The lowest BCUT2D eigenvalue weighted by Crippen LogP contribution is -2.15. The summed E-state index contributed by atoms with van der Waals surface area (Å²) >= 11 is 0. The molecule has 0 unspecified atom stereocenters. The first-order valence-corrected chi connectivity index (χ1v) is 5.40. The Balaban J connectivity index is 2.94. The van der Waals surface area contributed by atoms with Gasteiger partial charge in [-0.25, -0.2) is 4.79 Å². The van der Waals surface area contributed by atoms with E-state index >= 15 is 0 Å². The van der Waals surface area contributed by atoms with Crippen molar-refractivity contribution in [3.05, 3.63) is 23.8 Å². The first kappa shape index (κ1) is 14.9. The molecule has 1 aromatic carbocycles. The van der Waals surface area contributed by atoms with Crippen molar-refractivity contribution < 1.29 is 33.0 Å². The largest absolute Gasteiger partial charge is 0.490 e. The zero-order chi connectivity index (χ0) is 14.4. The van der Waals surface area contributed by atoms with Gasteiger partial charge in [-0.1, -0.05) is 6.07 Å². The van der Waals surface area contributed by atoms with E-state index in [9.17, 15) is 18.4 Å². The van der Waals surface area contributed by atoms with E-state index in [4.69, 9.17) is 9.84 Å². The van der Waals surface area contributed by atoms with Crippen LogP contribution in [-0.2, 0) is 16.0 Å². The summed E-state index contributed by atoms with van der Waals surface area (Å²) in [5.74, 6) is -2.67. The molecule has 0 fully saturated rings. The van der Waals surface area contributed by atoms with E-state index in [1.165, 1.54) is 18.2 Å². The van der Waals surface area contributed by atoms with Gasteiger partial charge < -0.3 is 14.6 Å². The number of carbonyl (C=O) groups excluding carboxylic acids is 1. The average molecular weight is 274 g/mol. The summed E-state index contributed by atoms with van der Waals surface area (Å²) in [6.07, 6.45) is -0.343. The highest BCUT2D eigenvalue weighted by Gasteiger charge is 2.15. The van der Waals surface area contributed by atoms with Crippen LogP contribution in [0.3, 0.4) is 0 Å². The molecule has 0 aliphatic rings. The van der Waals surface area contributed by atoms with Gasteiger partial charge in [0.25, 0.3) is 0 Å². The number of benzene rings is 1. The zero-order valence-electron chi connectivity index (χ0n) is 10.1. The summed E-state index contributed by atoms with van der Waals surface area (Å²) in [7, 11) is 0. The molecule has 0 saturated heterocycles. The second-order valence-corrected chi connectivity index (χ2v) is 3.50. The summed E-state index contributed by atoms with van der Waals surface area (Å²) in [5, 5.41) is 8.48. The molecule has 0 spiro atoms. The molecule has 1 rings (SSSR count). The highest BCUT2D eigenvalue weighted by atomic mass is 19.3. The number of ether oxygens (including phenoxy) is 2.